The Labute approximate surface area is 448 Å². The van der Waals surface area contributed by atoms with Gasteiger partial charge < -0.3 is 73.9 Å². The Hall–Kier alpha value is -8.21. The molecule has 3 atom stereocenters. The van der Waals surface area contributed by atoms with Gasteiger partial charge in [-0.3, -0.25) is 28.8 Å². The highest BCUT2D eigenvalue weighted by Crippen LogP contribution is 2.28. The zero-order chi connectivity index (χ0) is 56.2. The third-order valence-corrected chi connectivity index (χ3v) is 11.6. The predicted molar refractivity (Wildman–Crippen MR) is 294 cm³/mol. The molecule has 0 radical (unpaired) electrons. The molecule has 14 N–H and O–H groups in total. The molecule has 7 amide bonds. The van der Waals surface area contributed by atoms with Gasteiger partial charge in [0, 0.05) is 58.8 Å². The van der Waals surface area contributed by atoms with Crippen LogP contribution in [0.1, 0.15) is 102 Å². The molecule has 0 saturated carbocycles. The lowest BCUT2D eigenvalue weighted by atomic mass is 9.90. The summed E-state index contributed by atoms with van der Waals surface area (Å²) >= 11 is 0. The topological polar surface area (TPSA) is 348 Å². The monoisotopic (exact) mass is 1070 g/mol. The molecule has 4 aromatic carbocycles. The van der Waals surface area contributed by atoms with Gasteiger partial charge in [-0.15, -0.1) is 0 Å². The van der Waals surface area contributed by atoms with Gasteiger partial charge in [0.25, 0.3) is 10.9 Å². The van der Waals surface area contributed by atoms with Gasteiger partial charge in [-0.25, -0.2) is 9.59 Å². The molecule has 0 spiro atoms. The summed E-state index contributed by atoms with van der Waals surface area (Å²) in [4.78, 5) is 105. The number of aromatic hydroxyl groups is 1. The van der Waals surface area contributed by atoms with Gasteiger partial charge in [0.1, 0.15) is 34.5 Å². The largest absolute Gasteiger partial charge is 0.508 e. The third kappa shape index (κ3) is 22.7. The van der Waals surface area contributed by atoms with Crippen LogP contribution in [-0.4, -0.2) is 117 Å². The molecule has 0 aliphatic rings. The molecular formula is C54H76N12O11. The number of amides is 7. The molecule has 0 fully saturated rings. The molecule has 23 heteroatoms. The summed E-state index contributed by atoms with van der Waals surface area (Å²) in [5.41, 5.74) is 12.4. The van der Waals surface area contributed by atoms with Crippen molar-refractivity contribution < 1.29 is 43.3 Å². The van der Waals surface area contributed by atoms with Crippen molar-refractivity contribution in [3.05, 3.63) is 116 Å². The summed E-state index contributed by atoms with van der Waals surface area (Å²) in [5, 5.41) is 34.9. The van der Waals surface area contributed by atoms with Crippen molar-refractivity contribution in [2.75, 3.05) is 63.1 Å². The molecule has 0 aliphatic heterocycles. The molecule has 0 aliphatic carbocycles. The molecular weight excluding hydrogens is 993 g/mol. The predicted octanol–water partition coefficient (Wildman–Crippen LogP) is 2.66. The molecule has 23 nitrogen and oxygen atoms in total. The van der Waals surface area contributed by atoms with E-state index in [9.17, 15) is 43.5 Å². The van der Waals surface area contributed by atoms with E-state index in [1.54, 1.807) is 64.1 Å². The Kier molecular flexibility index (Phi) is 25.7. The van der Waals surface area contributed by atoms with Crippen LogP contribution in [0.25, 0.3) is 0 Å². The molecule has 77 heavy (non-hydrogen) atoms. The van der Waals surface area contributed by atoms with Gasteiger partial charge in [0.2, 0.25) is 23.6 Å². The highest BCUT2D eigenvalue weighted by Gasteiger charge is 2.29. The minimum absolute atomic E-state index is 0.0782. The van der Waals surface area contributed by atoms with Gasteiger partial charge in [-0.2, -0.15) is 4.99 Å². The minimum Gasteiger partial charge on any atom is -0.508 e. The maximum atomic E-state index is 14.4. The third-order valence-electron chi connectivity index (χ3n) is 11.6. The number of hydrogen-bond donors (Lipinski definition) is 12. The van der Waals surface area contributed by atoms with Crippen LogP contribution in [0.15, 0.2) is 93.4 Å². The number of carbonyl (C=O) groups excluding carboxylic acids is 6. The van der Waals surface area contributed by atoms with Gasteiger partial charge in [0.15, 0.2) is 5.96 Å². The van der Waals surface area contributed by atoms with E-state index < -0.39 is 58.4 Å². The lowest BCUT2D eigenvalue weighted by molar-refractivity contribution is -0.129. The molecule has 4 aromatic rings. The number of aliphatic imine (C=N–C) groups is 1. The molecule has 0 bridgehead atoms. The zero-order valence-corrected chi connectivity index (χ0v) is 44.4. The average Bonchev–Trinajstić information content (AvgIpc) is 3.41. The van der Waals surface area contributed by atoms with E-state index in [4.69, 9.17) is 20.9 Å². The van der Waals surface area contributed by atoms with Crippen LogP contribution in [0.4, 0.5) is 21.0 Å². The lowest BCUT2D eigenvalue weighted by Crippen LogP contribution is -2.48. The Morgan fingerprint density at radius 3 is 2.00 bits per heavy atom. The van der Waals surface area contributed by atoms with E-state index in [-0.39, 0.29) is 80.6 Å². The minimum atomic E-state index is -1.00. The van der Waals surface area contributed by atoms with Gasteiger partial charge in [-0.05, 0) is 107 Å². The first kappa shape index (κ1) is 61.3. The summed E-state index contributed by atoms with van der Waals surface area (Å²) in [5.74, 6) is -1.82. The van der Waals surface area contributed by atoms with Gasteiger partial charge >= 0.3 is 12.1 Å². The van der Waals surface area contributed by atoms with Crippen molar-refractivity contribution in [1.29, 1.82) is 0 Å². The second-order valence-corrected chi connectivity index (χ2v) is 19.0. The zero-order valence-electron chi connectivity index (χ0n) is 44.4. The van der Waals surface area contributed by atoms with Gasteiger partial charge in [0.05, 0.1) is 18.6 Å². The van der Waals surface area contributed by atoms with Crippen molar-refractivity contribution >= 4 is 53.1 Å². The standard InChI is InChI=1S/C54H76N12O11/c1-5-42(68)57-28-31-62-52(74)66-51(56)61-27-14-20-41(49(72)64-34-35-21-23-38(67)24-22-35)65-50(73)43(36-15-7-6-8-16-36)37-17-13-18-39(33-37)76-32-12-11-25-58-44-45(47(70)46(44)69)59-29-30-60-48(71)40(55)19-9-10-26-63-53(75)77-54(2,3)4/h6-8,13,15-18,21-24,33,40-41,43,58-59,67H,5,9-12,14,19-20,25-32,34,55H2,1-4H3,(H,57,68)(H,60,71)(H,63,75)(H,64,72)(H,65,73)(H4,56,61,62,66,74)/t40-,41-,43?/m1/s1. The number of alkyl carbamates (subject to hydrolysis) is 1. The Bertz CT molecular complexity index is 2630. The fourth-order valence-corrected chi connectivity index (χ4v) is 7.57. The van der Waals surface area contributed by atoms with Crippen molar-refractivity contribution in [2.45, 2.75) is 109 Å². The second-order valence-electron chi connectivity index (χ2n) is 19.0. The summed E-state index contributed by atoms with van der Waals surface area (Å²) in [6.07, 6.45) is 3.12. The molecule has 0 aromatic heterocycles. The van der Waals surface area contributed by atoms with Crippen molar-refractivity contribution in [1.82, 2.24) is 37.2 Å². The molecule has 1 unspecified atom stereocenters. The van der Waals surface area contributed by atoms with E-state index in [1.807, 2.05) is 30.3 Å². The van der Waals surface area contributed by atoms with Crippen molar-refractivity contribution in [2.24, 2.45) is 16.5 Å². The number of unbranched alkanes of at least 4 members (excludes halogenated alkanes) is 2. The number of nitrogens with two attached hydrogens (primary N) is 2. The summed E-state index contributed by atoms with van der Waals surface area (Å²) < 4.78 is 11.3. The number of phenols is 1. The Morgan fingerprint density at radius 2 is 1.30 bits per heavy atom. The van der Waals surface area contributed by atoms with Crippen LogP contribution >= 0.6 is 0 Å². The number of guanidine groups is 1. The maximum absolute atomic E-state index is 14.4. The summed E-state index contributed by atoms with van der Waals surface area (Å²) in [7, 11) is 0. The highest BCUT2D eigenvalue weighted by molar-refractivity contribution is 5.93. The fraction of sp³-hybridized carbons (Fsp3) is 0.463. The maximum Gasteiger partial charge on any atom is 0.407 e. The SMILES string of the molecule is CCC(=O)NCCNC(=O)/N=C(/N)NCCC[C@@H](NC(=O)C(c1ccccc1)c1cccc(OCCCCNc2c(NCCNC(=O)[C@H](N)CCCCNC(=O)OC(C)(C)C)c(=O)c2=O)c1)C(=O)NCc1ccc(O)cc1. The number of rotatable bonds is 32. The number of anilines is 2. The summed E-state index contributed by atoms with van der Waals surface area (Å²) in [6, 6.07) is 20.1. The Morgan fingerprint density at radius 1 is 0.649 bits per heavy atom. The van der Waals surface area contributed by atoms with Crippen LogP contribution in [0.2, 0.25) is 0 Å². The first-order chi connectivity index (χ1) is 36.8. The fourth-order valence-electron chi connectivity index (χ4n) is 7.57. The molecule has 0 saturated heterocycles. The van der Waals surface area contributed by atoms with Crippen molar-refractivity contribution in [3.63, 3.8) is 0 Å². The number of hydrogen-bond acceptors (Lipinski definition) is 14. The lowest BCUT2D eigenvalue weighted by Gasteiger charge is -2.24. The number of benzene rings is 3. The van der Waals surface area contributed by atoms with Crippen LogP contribution in [-0.2, 0) is 30.5 Å². The van der Waals surface area contributed by atoms with E-state index in [0.717, 1.165) is 5.56 Å². The van der Waals surface area contributed by atoms with E-state index in [0.29, 0.717) is 81.5 Å². The number of nitrogens with zero attached hydrogens (tertiary/aromatic N) is 1. The highest BCUT2D eigenvalue weighted by atomic mass is 16.6. The number of urea groups is 1. The second kappa shape index (κ2) is 32.3. The number of phenolic OH excluding ortho intramolecular Hbond substituents is 1. The smallest absolute Gasteiger partial charge is 0.407 e. The van der Waals surface area contributed by atoms with Crippen LogP contribution in [0, 0.1) is 0 Å². The number of carbonyl (C=O) groups is 6. The normalized spacial score (nSPS) is 12.5. The van der Waals surface area contributed by atoms with E-state index in [1.165, 1.54) is 12.1 Å². The molecule has 0 heterocycles. The van der Waals surface area contributed by atoms with Crippen molar-refractivity contribution in [3.8, 4) is 11.5 Å². The summed E-state index contributed by atoms with van der Waals surface area (Å²) in [6.45, 7) is 9.20. The number of ether oxygens (including phenoxy) is 2. The van der Waals surface area contributed by atoms with Gasteiger partial charge in [-0.1, -0.05) is 61.5 Å². The molecule has 418 valence electrons. The van der Waals surface area contributed by atoms with Crippen LogP contribution < -0.4 is 74.9 Å². The Balaban J connectivity index is 1.27. The number of nitrogens with one attached hydrogen (secondary N) is 9. The first-order valence-electron chi connectivity index (χ1n) is 25.9. The average molecular weight is 1070 g/mol. The van der Waals surface area contributed by atoms with Crippen LogP contribution in [0.5, 0.6) is 11.5 Å². The first-order valence-corrected chi connectivity index (χ1v) is 25.9. The molecule has 4 rings (SSSR count). The van der Waals surface area contributed by atoms with E-state index >= 15 is 0 Å². The van der Waals surface area contributed by atoms with E-state index in [2.05, 4.69) is 52.8 Å². The van der Waals surface area contributed by atoms with Crippen LogP contribution in [0.3, 0.4) is 0 Å². The quantitative estimate of drug-likeness (QED) is 0.0145.